The third-order valence-corrected chi connectivity index (χ3v) is 3.59. The van der Waals surface area contributed by atoms with E-state index in [4.69, 9.17) is 0 Å². The molecule has 0 radical (unpaired) electrons. The Balaban J connectivity index is 2.70. The van der Waals surface area contributed by atoms with Crippen LogP contribution in [0.2, 0.25) is 0 Å². The van der Waals surface area contributed by atoms with Crippen molar-refractivity contribution >= 4 is 15.7 Å². The average molecular weight is 252 g/mol. The van der Waals surface area contributed by atoms with Crippen LogP contribution in [0.15, 0.2) is 23.1 Å². The van der Waals surface area contributed by atoms with Crippen molar-refractivity contribution in [3.8, 4) is 0 Å². The van der Waals surface area contributed by atoms with Crippen LogP contribution in [0.3, 0.4) is 0 Å². The molecule has 2 N–H and O–H groups in total. The highest BCUT2D eigenvalue weighted by atomic mass is 32.2. The number of nitrogens with one attached hydrogen (secondary N) is 2. The van der Waals surface area contributed by atoms with Crippen LogP contribution in [-0.2, 0) is 16.2 Å². The standard InChI is InChI=1S/C8H7F3N2O2S/c9-8(10,11)5-2-1-3-6-7(5)12-4-13-16(6,14)15/h1-3,12-13H,4H2. The fraction of sp³-hybridized carbons (Fsp3) is 0.250. The lowest BCUT2D eigenvalue weighted by Gasteiger charge is -2.22. The van der Waals surface area contributed by atoms with Crippen LogP contribution >= 0.6 is 0 Å². The molecule has 1 aliphatic heterocycles. The summed E-state index contributed by atoms with van der Waals surface area (Å²) in [7, 11) is -3.84. The molecule has 1 aromatic carbocycles. The Kier molecular flexibility index (Phi) is 2.35. The molecule has 1 heterocycles. The Morgan fingerprint density at radius 1 is 1.25 bits per heavy atom. The largest absolute Gasteiger partial charge is 0.418 e. The third-order valence-electron chi connectivity index (χ3n) is 2.15. The molecule has 0 aliphatic carbocycles. The second kappa shape index (κ2) is 3.36. The zero-order chi connectivity index (χ0) is 12.0. The molecule has 16 heavy (non-hydrogen) atoms. The maximum absolute atomic E-state index is 12.6. The van der Waals surface area contributed by atoms with E-state index in [1.807, 2.05) is 0 Å². The maximum atomic E-state index is 12.6. The first-order valence-electron chi connectivity index (χ1n) is 4.26. The van der Waals surface area contributed by atoms with Gasteiger partial charge in [-0.2, -0.15) is 17.9 Å². The first-order valence-corrected chi connectivity index (χ1v) is 5.74. The predicted molar refractivity (Wildman–Crippen MR) is 50.3 cm³/mol. The van der Waals surface area contributed by atoms with Crippen LogP contribution in [0.4, 0.5) is 18.9 Å². The normalized spacial score (nSPS) is 18.7. The molecule has 1 aliphatic rings. The summed E-state index contributed by atoms with van der Waals surface area (Å²) in [5.41, 5.74) is -1.37. The van der Waals surface area contributed by atoms with Gasteiger partial charge < -0.3 is 5.32 Å². The van der Waals surface area contributed by atoms with Gasteiger partial charge in [-0.25, -0.2) is 8.42 Å². The van der Waals surface area contributed by atoms with Crippen LogP contribution < -0.4 is 10.0 Å². The van der Waals surface area contributed by atoms with Gasteiger partial charge in [-0.1, -0.05) is 6.07 Å². The predicted octanol–water partition coefficient (Wildman–Crippen LogP) is 1.37. The second-order valence-corrected chi connectivity index (χ2v) is 4.91. The number of para-hydroxylation sites is 1. The molecule has 8 heteroatoms. The molecule has 0 fully saturated rings. The summed E-state index contributed by atoms with van der Waals surface area (Å²) < 4.78 is 62.7. The third kappa shape index (κ3) is 1.74. The summed E-state index contributed by atoms with van der Waals surface area (Å²) in [6, 6.07) is 3.03. The summed E-state index contributed by atoms with van der Waals surface area (Å²) >= 11 is 0. The number of hydrogen-bond acceptors (Lipinski definition) is 3. The lowest BCUT2D eigenvalue weighted by molar-refractivity contribution is -0.137. The SMILES string of the molecule is O=S1(=O)NCNc2c(C(F)(F)F)cccc21. The van der Waals surface area contributed by atoms with E-state index in [-0.39, 0.29) is 11.6 Å². The van der Waals surface area contributed by atoms with E-state index in [0.717, 1.165) is 18.2 Å². The number of rotatable bonds is 0. The molecule has 1 aromatic rings. The Bertz CT molecular complexity index is 525. The molecule has 88 valence electrons. The van der Waals surface area contributed by atoms with Gasteiger partial charge in [-0.3, -0.25) is 0 Å². The summed E-state index contributed by atoms with van der Waals surface area (Å²) in [5, 5.41) is 2.38. The van der Waals surface area contributed by atoms with E-state index >= 15 is 0 Å². The van der Waals surface area contributed by atoms with Crippen LogP contribution in [0.1, 0.15) is 5.56 Å². The fourth-order valence-corrected chi connectivity index (χ4v) is 2.60. The smallest absolute Gasteiger partial charge is 0.370 e. The molecular weight excluding hydrogens is 245 g/mol. The minimum Gasteiger partial charge on any atom is -0.370 e. The molecule has 0 atom stereocenters. The number of fused-ring (bicyclic) bond motifs is 1. The molecule has 0 bridgehead atoms. The maximum Gasteiger partial charge on any atom is 0.418 e. The van der Waals surface area contributed by atoms with Crippen LogP contribution in [-0.4, -0.2) is 15.1 Å². The minimum atomic E-state index is -4.58. The summed E-state index contributed by atoms with van der Waals surface area (Å²) in [6.07, 6.45) is -4.58. The molecule has 0 saturated heterocycles. The lowest BCUT2D eigenvalue weighted by atomic mass is 10.1. The highest BCUT2D eigenvalue weighted by Gasteiger charge is 2.37. The van der Waals surface area contributed by atoms with Crippen molar-refractivity contribution in [1.82, 2.24) is 4.72 Å². The number of alkyl halides is 3. The van der Waals surface area contributed by atoms with Crippen molar-refractivity contribution in [2.24, 2.45) is 0 Å². The number of sulfonamides is 1. The fourth-order valence-electron chi connectivity index (χ4n) is 1.47. The van der Waals surface area contributed by atoms with Gasteiger partial charge in [-0.05, 0) is 12.1 Å². The molecule has 4 nitrogen and oxygen atoms in total. The van der Waals surface area contributed by atoms with Crippen LogP contribution in [0, 0.1) is 0 Å². The molecule has 2 rings (SSSR count). The lowest BCUT2D eigenvalue weighted by Crippen LogP contribution is -2.35. The Morgan fingerprint density at radius 3 is 2.56 bits per heavy atom. The Labute approximate surface area is 89.5 Å². The van der Waals surface area contributed by atoms with Crippen molar-refractivity contribution in [3.05, 3.63) is 23.8 Å². The van der Waals surface area contributed by atoms with Gasteiger partial charge in [0.15, 0.2) is 0 Å². The topological polar surface area (TPSA) is 58.2 Å². The molecule has 0 amide bonds. The highest BCUT2D eigenvalue weighted by Crippen LogP contribution is 2.38. The summed E-state index contributed by atoms with van der Waals surface area (Å²) in [5.74, 6) is 0. The van der Waals surface area contributed by atoms with Crippen molar-refractivity contribution in [2.45, 2.75) is 11.1 Å². The van der Waals surface area contributed by atoms with Gasteiger partial charge in [-0.15, -0.1) is 0 Å². The van der Waals surface area contributed by atoms with E-state index in [1.165, 1.54) is 0 Å². The van der Waals surface area contributed by atoms with Crippen molar-refractivity contribution in [2.75, 3.05) is 12.0 Å². The van der Waals surface area contributed by atoms with E-state index in [1.54, 1.807) is 0 Å². The molecule has 0 aromatic heterocycles. The van der Waals surface area contributed by atoms with E-state index in [0.29, 0.717) is 0 Å². The molecule has 0 unspecified atom stereocenters. The number of halogens is 3. The van der Waals surface area contributed by atoms with Crippen molar-refractivity contribution < 1.29 is 21.6 Å². The Morgan fingerprint density at radius 2 is 1.94 bits per heavy atom. The first-order chi connectivity index (χ1) is 7.32. The van der Waals surface area contributed by atoms with E-state index in [2.05, 4.69) is 10.0 Å². The van der Waals surface area contributed by atoms with Gasteiger partial charge >= 0.3 is 6.18 Å². The van der Waals surface area contributed by atoms with Gasteiger partial charge in [0.1, 0.15) is 4.90 Å². The molecular formula is C8H7F3N2O2S. The first kappa shape index (κ1) is 11.2. The Hall–Kier alpha value is -1.28. The quantitative estimate of drug-likeness (QED) is 0.733. The number of anilines is 1. The van der Waals surface area contributed by atoms with Crippen molar-refractivity contribution in [1.29, 1.82) is 0 Å². The minimum absolute atomic E-state index is 0.248. The van der Waals surface area contributed by atoms with Gasteiger partial charge in [0.25, 0.3) is 0 Å². The average Bonchev–Trinajstić information content (AvgIpc) is 2.15. The van der Waals surface area contributed by atoms with Gasteiger partial charge in [0, 0.05) is 0 Å². The number of hydrogen-bond donors (Lipinski definition) is 2. The van der Waals surface area contributed by atoms with E-state index in [9.17, 15) is 21.6 Å². The molecule has 0 spiro atoms. The molecule has 0 saturated carbocycles. The number of benzene rings is 1. The van der Waals surface area contributed by atoms with Gasteiger partial charge in [0.2, 0.25) is 10.0 Å². The zero-order valence-electron chi connectivity index (χ0n) is 7.80. The zero-order valence-corrected chi connectivity index (χ0v) is 8.61. The monoisotopic (exact) mass is 252 g/mol. The highest BCUT2D eigenvalue weighted by molar-refractivity contribution is 7.89. The van der Waals surface area contributed by atoms with Crippen LogP contribution in [0.25, 0.3) is 0 Å². The second-order valence-electron chi connectivity index (χ2n) is 3.18. The van der Waals surface area contributed by atoms with Crippen molar-refractivity contribution in [3.63, 3.8) is 0 Å². The van der Waals surface area contributed by atoms with E-state index < -0.39 is 27.5 Å². The summed E-state index contributed by atoms with van der Waals surface area (Å²) in [4.78, 5) is -0.381. The van der Waals surface area contributed by atoms with Gasteiger partial charge in [0.05, 0.1) is 17.9 Å². The summed E-state index contributed by atoms with van der Waals surface area (Å²) in [6.45, 7) is -0.248. The van der Waals surface area contributed by atoms with Crippen LogP contribution in [0.5, 0.6) is 0 Å².